The summed E-state index contributed by atoms with van der Waals surface area (Å²) in [5.41, 5.74) is 0. The van der Waals surface area contributed by atoms with Crippen molar-refractivity contribution < 1.29 is 24.8 Å². The summed E-state index contributed by atoms with van der Waals surface area (Å²) < 4.78 is 10.5. The van der Waals surface area contributed by atoms with Crippen LogP contribution >= 0.6 is 0 Å². The third kappa shape index (κ3) is 12.5. The molecule has 0 saturated carbocycles. The zero-order chi connectivity index (χ0) is 14.5. The highest BCUT2D eigenvalue weighted by Crippen LogP contribution is 1.99. The molecule has 0 heterocycles. The molecule has 0 rings (SSSR count). The van der Waals surface area contributed by atoms with Gasteiger partial charge in [-0.05, 0) is 13.3 Å². The fourth-order valence-electron chi connectivity index (χ4n) is 1.64. The van der Waals surface area contributed by atoms with Gasteiger partial charge in [-0.2, -0.15) is 0 Å². The quantitative estimate of drug-likeness (QED) is 0.393. The van der Waals surface area contributed by atoms with Gasteiger partial charge in [0.15, 0.2) is 0 Å². The molecule has 2 unspecified atom stereocenters. The van der Waals surface area contributed by atoms with Crippen LogP contribution in [0.3, 0.4) is 0 Å². The van der Waals surface area contributed by atoms with Crippen LogP contribution in [0.1, 0.15) is 20.3 Å². The highest BCUT2D eigenvalue weighted by atomic mass is 16.5. The summed E-state index contributed by atoms with van der Waals surface area (Å²) >= 11 is 0. The van der Waals surface area contributed by atoms with Crippen molar-refractivity contribution in [3.8, 4) is 0 Å². The van der Waals surface area contributed by atoms with E-state index in [9.17, 15) is 10.2 Å². The van der Waals surface area contributed by atoms with Crippen molar-refractivity contribution >= 4 is 0 Å². The van der Waals surface area contributed by atoms with Gasteiger partial charge in [-0.25, -0.2) is 0 Å². The van der Waals surface area contributed by atoms with Crippen LogP contribution in [0, 0.1) is 0 Å². The van der Waals surface area contributed by atoms with Gasteiger partial charge in [0.25, 0.3) is 0 Å². The fraction of sp³-hybridized carbons (Fsp3) is 1.00. The molecule has 0 spiro atoms. The highest BCUT2D eigenvalue weighted by molar-refractivity contribution is 4.66. The standard InChI is InChI=1S/C13H29NO5/c1-3-13(17)11-14(10-12(2)16)4-6-18-8-9-19-7-5-15/h12-13,15-17H,3-11H2,1-2H3. The van der Waals surface area contributed by atoms with E-state index in [0.29, 0.717) is 52.5 Å². The first-order chi connectivity index (χ1) is 9.10. The maximum absolute atomic E-state index is 9.63. The molecule has 0 saturated heterocycles. The minimum Gasteiger partial charge on any atom is -0.394 e. The van der Waals surface area contributed by atoms with E-state index in [1.54, 1.807) is 6.92 Å². The van der Waals surface area contributed by atoms with Gasteiger partial charge >= 0.3 is 0 Å². The van der Waals surface area contributed by atoms with Gasteiger partial charge in [-0.3, -0.25) is 4.90 Å². The fourth-order valence-corrected chi connectivity index (χ4v) is 1.64. The second-order valence-corrected chi connectivity index (χ2v) is 4.62. The Hall–Kier alpha value is -0.240. The molecule has 6 heteroatoms. The topological polar surface area (TPSA) is 82.4 Å². The summed E-state index contributed by atoms with van der Waals surface area (Å²) in [6.07, 6.45) is -0.0878. The van der Waals surface area contributed by atoms with Crippen molar-refractivity contribution in [2.24, 2.45) is 0 Å². The van der Waals surface area contributed by atoms with Gasteiger partial charge in [0.05, 0.1) is 45.2 Å². The van der Waals surface area contributed by atoms with Gasteiger partial charge < -0.3 is 24.8 Å². The Morgan fingerprint density at radius 1 is 1.00 bits per heavy atom. The van der Waals surface area contributed by atoms with E-state index in [1.807, 2.05) is 11.8 Å². The van der Waals surface area contributed by atoms with Gasteiger partial charge in [-0.1, -0.05) is 6.92 Å². The Kier molecular flexibility index (Phi) is 12.6. The number of nitrogens with zero attached hydrogens (tertiary/aromatic N) is 1. The summed E-state index contributed by atoms with van der Waals surface area (Å²) in [5, 5.41) is 27.5. The van der Waals surface area contributed by atoms with Crippen molar-refractivity contribution in [3.05, 3.63) is 0 Å². The highest BCUT2D eigenvalue weighted by Gasteiger charge is 2.12. The monoisotopic (exact) mass is 279 g/mol. The molecule has 0 aliphatic rings. The predicted molar refractivity (Wildman–Crippen MR) is 73.1 cm³/mol. The number of hydrogen-bond donors (Lipinski definition) is 3. The summed E-state index contributed by atoms with van der Waals surface area (Å²) in [6, 6.07) is 0. The van der Waals surface area contributed by atoms with Crippen LogP contribution in [0.15, 0.2) is 0 Å². The van der Waals surface area contributed by atoms with Crippen LogP contribution in [0.5, 0.6) is 0 Å². The van der Waals surface area contributed by atoms with Gasteiger partial charge in [0.2, 0.25) is 0 Å². The number of rotatable bonds is 13. The molecule has 0 amide bonds. The molecule has 0 aromatic carbocycles. The third-order valence-corrected chi connectivity index (χ3v) is 2.62. The zero-order valence-electron chi connectivity index (χ0n) is 12.1. The van der Waals surface area contributed by atoms with Crippen molar-refractivity contribution in [1.82, 2.24) is 4.90 Å². The minimum atomic E-state index is -0.419. The Balaban J connectivity index is 3.67. The van der Waals surface area contributed by atoms with E-state index in [0.717, 1.165) is 0 Å². The maximum atomic E-state index is 9.63. The maximum Gasteiger partial charge on any atom is 0.0701 e. The van der Waals surface area contributed by atoms with Crippen LogP contribution in [0.25, 0.3) is 0 Å². The van der Waals surface area contributed by atoms with Crippen molar-refractivity contribution in [1.29, 1.82) is 0 Å². The van der Waals surface area contributed by atoms with Gasteiger partial charge in [0, 0.05) is 19.6 Å². The van der Waals surface area contributed by atoms with Crippen LogP contribution < -0.4 is 0 Å². The molecule has 19 heavy (non-hydrogen) atoms. The Labute approximate surface area is 115 Å². The first kappa shape index (κ1) is 18.8. The summed E-state index contributed by atoms with van der Waals surface area (Å²) in [7, 11) is 0. The zero-order valence-corrected chi connectivity index (χ0v) is 12.1. The van der Waals surface area contributed by atoms with Crippen molar-refractivity contribution in [2.75, 3.05) is 52.7 Å². The SMILES string of the molecule is CCC(O)CN(CCOCCOCCO)CC(C)O. The lowest BCUT2D eigenvalue weighted by Gasteiger charge is -2.25. The van der Waals surface area contributed by atoms with Gasteiger partial charge in [-0.15, -0.1) is 0 Å². The molecule has 0 fully saturated rings. The molecule has 0 aromatic rings. The molecular formula is C13H29NO5. The molecule has 116 valence electrons. The Bertz CT molecular complexity index is 192. The lowest BCUT2D eigenvalue weighted by molar-refractivity contribution is 0.0155. The molecule has 0 aliphatic heterocycles. The largest absolute Gasteiger partial charge is 0.394 e. The second-order valence-electron chi connectivity index (χ2n) is 4.62. The smallest absolute Gasteiger partial charge is 0.0701 e. The van der Waals surface area contributed by atoms with Crippen LogP contribution in [0.2, 0.25) is 0 Å². The molecule has 0 aliphatic carbocycles. The van der Waals surface area contributed by atoms with Crippen molar-refractivity contribution in [3.63, 3.8) is 0 Å². The molecule has 2 atom stereocenters. The first-order valence-corrected chi connectivity index (χ1v) is 6.95. The lowest BCUT2D eigenvalue weighted by Crippen LogP contribution is -2.39. The molecule has 0 radical (unpaired) electrons. The molecular weight excluding hydrogens is 250 g/mol. The molecule has 0 aromatic heterocycles. The summed E-state index contributed by atoms with van der Waals surface area (Å²) in [5.74, 6) is 0. The van der Waals surface area contributed by atoms with Crippen molar-refractivity contribution in [2.45, 2.75) is 32.5 Å². The van der Waals surface area contributed by atoms with Crippen LogP contribution in [-0.4, -0.2) is 85.1 Å². The van der Waals surface area contributed by atoms with E-state index in [4.69, 9.17) is 14.6 Å². The Morgan fingerprint density at radius 3 is 2.16 bits per heavy atom. The number of ether oxygens (including phenoxy) is 2. The van der Waals surface area contributed by atoms with E-state index in [-0.39, 0.29) is 12.7 Å². The average Bonchev–Trinajstić information content (AvgIpc) is 2.36. The molecule has 0 bridgehead atoms. The van der Waals surface area contributed by atoms with Crippen LogP contribution in [-0.2, 0) is 9.47 Å². The number of aliphatic hydroxyl groups excluding tert-OH is 3. The van der Waals surface area contributed by atoms with E-state index in [2.05, 4.69) is 0 Å². The molecule has 3 N–H and O–H groups in total. The first-order valence-electron chi connectivity index (χ1n) is 6.95. The average molecular weight is 279 g/mol. The summed E-state index contributed by atoms with van der Waals surface area (Å²) in [4.78, 5) is 1.99. The van der Waals surface area contributed by atoms with E-state index < -0.39 is 6.10 Å². The number of aliphatic hydroxyl groups is 3. The number of hydrogen-bond acceptors (Lipinski definition) is 6. The van der Waals surface area contributed by atoms with E-state index in [1.165, 1.54) is 0 Å². The Morgan fingerprint density at radius 2 is 1.63 bits per heavy atom. The second kappa shape index (κ2) is 12.8. The summed E-state index contributed by atoms with van der Waals surface area (Å²) in [6.45, 7) is 7.25. The predicted octanol–water partition coefficient (Wildman–Crippen LogP) is -0.534. The third-order valence-electron chi connectivity index (χ3n) is 2.62. The van der Waals surface area contributed by atoms with E-state index >= 15 is 0 Å². The normalized spacial score (nSPS) is 14.8. The minimum absolute atomic E-state index is 0.0249. The van der Waals surface area contributed by atoms with Crippen LogP contribution in [0.4, 0.5) is 0 Å². The molecule has 6 nitrogen and oxygen atoms in total. The lowest BCUT2D eigenvalue weighted by atomic mass is 10.2. The van der Waals surface area contributed by atoms with Gasteiger partial charge in [0.1, 0.15) is 0 Å².